The lowest BCUT2D eigenvalue weighted by atomic mass is 10.2. The molecule has 0 spiro atoms. The van der Waals surface area contributed by atoms with Crippen LogP contribution in [0.5, 0.6) is 0 Å². The van der Waals surface area contributed by atoms with Crippen LogP contribution in [-0.2, 0) is 9.53 Å². The van der Waals surface area contributed by atoms with Crippen LogP contribution in [0.2, 0.25) is 0 Å². The number of nitrogens with one attached hydrogen (secondary N) is 1. The van der Waals surface area contributed by atoms with Gasteiger partial charge in [0, 0.05) is 25.9 Å². The molecule has 3 aliphatic rings. The highest BCUT2D eigenvalue weighted by Gasteiger charge is 2.58. The second-order valence-electron chi connectivity index (χ2n) is 7.47. The number of hydrogen-bond acceptors (Lipinski definition) is 6. The van der Waals surface area contributed by atoms with Crippen molar-refractivity contribution in [1.29, 1.82) is 0 Å². The van der Waals surface area contributed by atoms with Crippen LogP contribution in [0.15, 0.2) is 23.4 Å². The predicted octanol–water partition coefficient (Wildman–Crippen LogP) is 0.716. The summed E-state index contributed by atoms with van der Waals surface area (Å²) in [6, 6.07) is 4.66. The monoisotopic (exact) mass is 391 g/mol. The predicted molar refractivity (Wildman–Crippen MR) is 98.8 cm³/mol. The fraction of sp³-hybridized carbons (Fsp3) is 0.500. The normalized spacial score (nSPS) is 28.9. The van der Waals surface area contributed by atoms with E-state index in [1.165, 1.54) is 17.9 Å². The Morgan fingerprint density at radius 3 is 2.71 bits per heavy atom. The van der Waals surface area contributed by atoms with E-state index in [0.717, 1.165) is 0 Å². The van der Waals surface area contributed by atoms with Crippen LogP contribution in [0.25, 0.3) is 0 Å². The number of nitrogens with zero attached hydrogens (tertiary/aromatic N) is 3. The van der Waals surface area contributed by atoms with Crippen LogP contribution in [0.3, 0.4) is 0 Å². The fourth-order valence-corrected chi connectivity index (χ4v) is 4.24. The van der Waals surface area contributed by atoms with E-state index in [0.29, 0.717) is 24.5 Å². The van der Waals surface area contributed by atoms with E-state index in [9.17, 15) is 14.0 Å². The molecule has 10 heteroatoms. The molecule has 28 heavy (non-hydrogen) atoms. The first-order valence-electron chi connectivity index (χ1n) is 9.13. The van der Waals surface area contributed by atoms with Gasteiger partial charge in [0.25, 0.3) is 0 Å². The molecule has 2 saturated heterocycles. The van der Waals surface area contributed by atoms with E-state index < -0.39 is 18.0 Å². The van der Waals surface area contributed by atoms with Gasteiger partial charge in [-0.05, 0) is 30.0 Å². The summed E-state index contributed by atoms with van der Waals surface area (Å²) in [7, 11) is 0. The van der Waals surface area contributed by atoms with Gasteiger partial charge in [-0.25, -0.2) is 9.18 Å². The van der Waals surface area contributed by atoms with Crippen LogP contribution < -0.4 is 20.9 Å². The lowest BCUT2D eigenvalue weighted by Crippen LogP contribution is -2.33. The highest BCUT2D eigenvalue weighted by atomic mass is 19.1. The molecular weight excluding hydrogens is 369 g/mol. The first-order valence-corrected chi connectivity index (χ1v) is 9.13. The highest BCUT2D eigenvalue weighted by Crippen LogP contribution is 2.52. The Morgan fingerprint density at radius 2 is 2.11 bits per heavy atom. The summed E-state index contributed by atoms with van der Waals surface area (Å²) in [6.07, 6.45) is -1.04. The van der Waals surface area contributed by atoms with Crippen LogP contribution in [-0.4, -0.2) is 55.3 Å². The van der Waals surface area contributed by atoms with Crippen LogP contribution in [0, 0.1) is 23.6 Å². The zero-order valence-electron chi connectivity index (χ0n) is 15.3. The number of halogens is 1. The van der Waals surface area contributed by atoms with Gasteiger partial charge in [0.1, 0.15) is 17.8 Å². The van der Waals surface area contributed by atoms with Crippen molar-refractivity contribution in [2.75, 3.05) is 36.0 Å². The molecule has 2 heterocycles. The Labute approximate surface area is 160 Å². The molecule has 0 radical (unpaired) electrons. The minimum Gasteiger partial charge on any atom is -0.442 e. The second-order valence-corrected chi connectivity index (χ2v) is 7.47. The summed E-state index contributed by atoms with van der Waals surface area (Å²) in [6.45, 7) is 3.14. The third kappa shape index (κ3) is 3.19. The van der Waals surface area contributed by atoms with Gasteiger partial charge >= 0.3 is 6.09 Å². The van der Waals surface area contributed by atoms with Crippen molar-refractivity contribution in [3.05, 3.63) is 24.0 Å². The average molecular weight is 391 g/mol. The first-order chi connectivity index (χ1) is 13.4. The molecule has 3 fully saturated rings. The van der Waals surface area contributed by atoms with Gasteiger partial charge in [0.15, 0.2) is 0 Å². The number of benzene rings is 1. The van der Waals surface area contributed by atoms with Crippen LogP contribution in [0.1, 0.15) is 6.92 Å². The van der Waals surface area contributed by atoms with Gasteiger partial charge in [-0.3, -0.25) is 9.69 Å². The fourth-order valence-electron chi connectivity index (χ4n) is 4.24. The molecule has 0 aromatic heterocycles. The number of carbonyl (C=O) groups excluding carboxylic acids is 2. The number of carbonyl (C=O) groups is 2. The van der Waals surface area contributed by atoms with E-state index >= 15 is 0 Å². The molecule has 1 aromatic rings. The van der Waals surface area contributed by atoms with Crippen LogP contribution >= 0.6 is 0 Å². The SMILES string of the molecule is CC(=O)NC[C@H]1CN(c2ccc(N3C[C@@H]4C(/C(N)=N\O)[C@@H]4C3)c(F)c2)C(=O)O1. The number of amidine groups is 1. The van der Waals surface area contributed by atoms with Crippen molar-refractivity contribution in [2.24, 2.45) is 28.6 Å². The smallest absolute Gasteiger partial charge is 0.414 e. The largest absolute Gasteiger partial charge is 0.442 e. The Morgan fingerprint density at radius 1 is 1.39 bits per heavy atom. The standard InChI is InChI=1S/C18H22FN5O4/c1-9(25)21-5-11-6-24(18(26)28-11)10-2-3-15(14(19)4-10)23-7-12-13(8-23)16(12)17(20)22-27/h2-4,11-13,16,27H,5-8H2,1H3,(H2,20,22)(H,21,25)/t11-,12-,13+,16?/m0/s1. The highest BCUT2D eigenvalue weighted by molar-refractivity contribution is 5.90. The quantitative estimate of drug-likeness (QED) is 0.294. The van der Waals surface area contributed by atoms with Crippen molar-refractivity contribution < 1.29 is 23.9 Å². The number of oxime groups is 1. The maximum absolute atomic E-state index is 14.7. The van der Waals surface area contributed by atoms with Crippen molar-refractivity contribution >= 4 is 29.2 Å². The molecule has 9 nitrogen and oxygen atoms in total. The lowest BCUT2D eigenvalue weighted by Gasteiger charge is -2.23. The molecule has 4 rings (SSSR count). The summed E-state index contributed by atoms with van der Waals surface area (Å²) in [5, 5.41) is 14.5. The molecule has 150 valence electrons. The molecule has 2 amide bonds. The van der Waals surface area contributed by atoms with E-state index in [4.69, 9.17) is 15.7 Å². The van der Waals surface area contributed by atoms with Crippen molar-refractivity contribution in [3.63, 3.8) is 0 Å². The lowest BCUT2D eigenvalue weighted by molar-refractivity contribution is -0.119. The van der Waals surface area contributed by atoms with Gasteiger partial charge in [0.05, 0.1) is 24.5 Å². The maximum atomic E-state index is 14.7. The number of ether oxygens (including phenoxy) is 1. The van der Waals surface area contributed by atoms with E-state index in [-0.39, 0.29) is 42.6 Å². The van der Waals surface area contributed by atoms with Crippen molar-refractivity contribution in [2.45, 2.75) is 13.0 Å². The van der Waals surface area contributed by atoms with Gasteiger partial charge in [0.2, 0.25) is 5.91 Å². The van der Waals surface area contributed by atoms with Gasteiger partial charge in [-0.2, -0.15) is 0 Å². The summed E-state index contributed by atoms with van der Waals surface area (Å²) in [4.78, 5) is 26.4. The molecule has 2 aliphatic heterocycles. The van der Waals surface area contributed by atoms with Gasteiger partial charge in [-0.1, -0.05) is 5.16 Å². The summed E-state index contributed by atoms with van der Waals surface area (Å²) >= 11 is 0. The average Bonchev–Trinajstić information content (AvgIpc) is 2.99. The van der Waals surface area contributed by atoms with E-state index in [1.807, 2.05) is 4.90 Å². The number of anilines is 2. The molecular formula is C18H22FN5O4. The minimum atomic E-state index is -0.563. The number of fused-ring (bicyclic) bond motifs is 1. The Hall–Kier alpha value is -3.04. The van der Waals surface area contributed by atoms with Gasteiger partial charge < -0.3 is 25.9 Å². The minimum absolute atomic E-state index is 0.0727. The number of hydrogen-bond donors (Lipinski definition) is 3. The number of nitrogens with two attached hydrogens (primary N) is 1. The first kappa shape index (κ1) is 18.3. The van der Waals surface area contributed by atoms with Crippen molar-refractivity contribution in [3.8, 4) is 0 Å². The Kier molecular flexibility index (Phi) is 4.48. The topological polar surface area (TPSA) is 120 Å². The third-order valence-electron chi connectivity index (χ3n) is 5.69. The summed E-state index contributed by atoms with van der Waals surface area (Å²) in [5.74, 6) is 0.242. The van der Waals surface area contributed by atoms with Crippen molar-refractivity contribution in [1.82, 2.24) is 5.32 Å². The molecule has 0 bridgehead atoms. The zero-order valence-corrected chi connectivity index (χ0v) is 15.3. The number of piperidine rings is 1. The number of amides is 2. The second kappa shape index (κ2) is 6.84. The Balaban J connectivity index is 1.41. The maximum Gasteiger partial charge on any atom is 0.414 e. The zero-order chi connectivity index (χ0) is 20.0. The van der Waals surface area contributed by atoms with Gasteiger partial charge in [-0.15, -0.1) is 0 Å². The molecule has 4 N–H and O–H groups in total. The molecule has 1 unspecified atom stereocenters. The number of cyclic esters (lactones) is 1. The number of rotatable bonds is 5. The third-order valence-corrected chi connectivity index (χ3v) is 5.69. The molecule has 1 aromatic carbocycles. The molecule has 4 atom stereocenters. The summed E-state index contributed by atoms with van der Waals surface area (Å²) < 4.78 is 19.9. The summed E-state index contributed by atoms with van der Waals surface area (Å²) in [5.41, 5.74) is 6.55. The molecule has 1 saturated carbocycles. The molecule has 1 aliphatic carbocycles. The van der Waals surface area contributed by atoms with E-state index in [2.05, 4.69) is 10.5 Å². The van der Waals surface area contributed by atoms with Crippen LogP contribution in [0.4, 0.5) is 20.6 Å². The Bertz CT molecular complexity index is 835. The van der Waals surface area contributed by atoms with E-state index in [1.54, 1.807) is 12.1 Å².